The van der Waals surface area contributed by atoms with Gasteiger partial charge in [0, 0.05) is 11.3 Å². The first kappa shape index (κ1) is 12.9. The van der Waals surface area contributed by atoms with E-state index in [1.54, 1.807) is 6.07 Å². The molecule has 1 aromatic rings. The molecule has 2 N–H and O–H groups in total. The number of rotatable bonds is 6. The summed E-state index contributed by atoms with van der Waals surface area (Å²) in [7, 11) is 1.32. The van der Waals surface area contributed by atoms with E-state index >= 15 is 0 Å². The average molecular weight is 241 g/mol. The summed E-state index contributed by atoms with van der Waals surface area (Å²) in [6.45, 7) is 0.580. The first-order valence-electron chi connectivity index (χ1n) is 5.06. The summed E-state index contributed by atoms with van der Waals surface area (Å²) in [5, 5.41) is 0. The van der Waals surface area contributed by atoms with Crippen molar-refractivity contribution in [3.8, 4) is 0 Å². The van der Waals surface area contributed by atoms with Gasteiger partial charge in [0.1, 0.15) is 0 Å². The lowest BCUT2D eigenvalue weighted by molar-refractivity contribution is -0.140. The zero-order valence-electron chi connectivity index (χ0n) is 9.19. The number of esters is 1. The molecule has 0 saturated carbocycles. The van der Waals surface area contributed by atoms with Crippen LogP contribution in [0.5, 0.6) is 0 Å². The third-order valence-electron chi connectivity index (χ3n) is 2.11. The van der Waals surface area contributed by atoms with Crippen LogP contribution in [0.3, 0.4) is 0 Å². The minimum atomic E-state index is -0.355. The standard InChI is InChI=1S/C11H15NO3S/c1-15-11(14)5-3-9(13)10-4-2-8(16-10)6-7-12/h2,4H,3,5-7,12H2,1H3. The molecule has 5 heteroatoms. The molecule has 88 valence electrons. The maximum absolute atomic E-state index is 11.7. The lowest BCUT2D eigenvalue weighted by Crippen LogP contribution is -2.04. The van der Waals surface area contributed by atoms with Gasteiger partial charge in [-0.15, -0.1) is 11.3 Å². The largest absolute Gasteiger partial charge is 0.469 e. The van der Waals surface area contributed by atoms with Gasteiger partial charge in [0.2, 0.25) is 0 Å². The zero-order valence-corrected chi connectivity index (χ0v) is 10.0. The topological polar surface area (TPSA) is 69.4 Å². The summed E-state index contributed by atoms with van der Waals surface area (Å²) in [4.78, 5) is 24.3. The van der Waals surface area contributed by atoms with Gasteiger partial charge in [-0.05, 0) is 25.1 Å². The highest BCUT2D eigenvalue weighted by atomic mass is 32.1. The number of thiophene rings is 1. The third kappa shape index (κ3) is 3.75. The molecule has 0 aliphatic rings. The molecule has 1 rings (SSSR count). The first-order chi connectivity index (χ1) is 7.67. The van der Waals surface area contributed by atoms with Gasteiger partial charge >= 0.3 is 5.97 Å². The number of Topliss-reactive ketones (excluding diaryl/α,β-unsaturated/α-hetero) is 1. The molecule has 16 heavy (non-hydrogen) atoms. The molecule has 0 aliphatic carbocycles. The molecule has 0 aromatic carbocycles. The predicted octanol–water partition coefficient (Wildman–Crippen LogP) is 1.39. The molecule has 1 aromatic heterocycles. The van der Waals surface area contributed by atoms with E-state index in [-0.39, 0.29) is 24.6 Å². The average Bonchev–Trinajstić information content (AvgIpc) is 2.74. The summed E-state index contributed by atoms with van der Waals surface area (Å²) in [6, 6.07) is 3.69. The van der Waals surface area contributed by atoms with Crippen LogP contribution in [-0.4, -0.2) is 25.4 Å². The van der Waals surface area contributed by atoms with E-state index in [0.29, 0.717) is 11.4 Å². The quantitative estimate of drug-likeness (QED) is 0.603. The number of hydrogen-bond acceptors (Lipinski definition) is 5. The van der Waals surface area contributed by atoms with E-state index in [9.17, 15) is 9.59 Å². The summed E-state index contributed by atoms with van der Waals surface area (Å²) in [5.74, 6) is -0.370. The van der Waals surface area contributed by atoms with Crippen LogP contribution in [0.15, 0.2) is 12.1 Å². The molecule has 1 heterocycles. The second-order valence-electron chi connectivity index (χ2n) is 3.30. The van der Waals surface area contributed by atoms with Crippen LogP contribution < -0.4 is 5.73 Å². The van der Waals surface area contributed by atoms with Crippen LogP contribution in [0.1, 0.15) is 27.4 Å². The molecule has 0 saturated heterocycles. The van der Waals surface area contributed by atoms with Crippen LogP contribution in [-0.2, 0) is 16.0 Å². The van der Waals surface area contributed by atoms with Gasteiger partial charge in [0.15, 0.2) is 5.78 Å². The van der Waals surface area contributed by atoms with Crippen molar-refractivity contribution in [1.82, 2.24) is 0 Å². The number of nitrogens with two attached hydrogens (primary N) is 1. The van der Waals surface area contributed by atoms with Gasteiger partial charge in [-0.25, -0.2) is 0 Å². The third-order valence-corrected chi connectivity index (χ3v) is 3.30. The molecule has 0 unspecified atom stereocenters. The Morgan fingerprint density at radius 1 is 1.38 bits per heavy atom. The van der Waals surface area contributed by atoms with Crippen LogP contribution in [0.2, 0.25) is 0 Å². The molecule has 0 spiro atoms. The smallest absolute Gasteiger partial charge is 0.305 e. The Balaban J connectivity index is 2.49. The molecule has 0 fully saturated rings. The van der Waals surface area contributed by atoms with Crippen molar-refractivity contribution < 1.29 is 14.3 Å². The molecule has 0 amide bonds. The Morgan fingerprint density at radius 3 is 2.75 bits per heavy atom. The number of carbonyl (C=O) groups excluding carboxylic acids is 2. The Bertz CT molecular complexity index is 373. The Labute approximate surface area is 98.4 Å². The lowest BCUT2D eigenvalue weighted by Gasteiger charge is -1.97. The summed E-state index contributed by atoms with van der Waals surface area (Å²) < 4.78 is 4.48. The molecular weight excluding hydrogens is 226 g/mol. The van der Waals surface area contributed by atoms with E-state index in [1.807, 2.05) is 6.07 Å². The van der Waals surface area contributed by atoms with Gasteiger partial charge in [-0.3, -0.25) is 9.59 Å². The second kappa shape index (κ2) is 6.40. The predicted molar refractivity (Wildman–Crippen MR) is 62.7 cm³/mol. The molecule has 4 nitrogen and oxygen atoms in total. The molecule has 0 aliphatic heterocycles. The summed E-state index contributed by atoms with van der Waals surface area (Å²) >= 11 is 1.44. The highest BCUT2D eigenvalue weighted by Gasteiger charge is 2.11. The van der Waals surface area contributed by atoms with Crippen LogP contribution in [0.25, 0.3) is 0 Å². The fraction of sp³-hybridized carbons (Fsp3) is 0.455. The Kier molecular flexibility index (Phi) is 5.14. The van der Waals surface area contributed by atoms with E-state index in [0.717, 1.165) is 11.3 Å². The van der Waals surface area contributed by atoms with Crippen molar-refractivity contribution in [3.05, 3.63) is 21.9 Å². The molecule has 0 atom stereocenters. The fourth-order valence-electron chi connectivity index (χ4n) is 1.25. The molecular formula is C11H15NO3S. The Morgan fingerprint density at radius 2 is 2.12 bits per heavy atom. The Hall–Kier alpha value is -1.20. The van der Waals surface area contributed by atoms with Crippen molar-refractivity contribution in [1.29, 1.82) is 0 Å². The van der Waals surface area contributed by atoms with Crippen molar-refractivity contribution >= 4 is 23.1 Å². The van der Waals surface area contributed by atoms with E-state index in [2.05, 4.69) is 4.74 Å². The van der Waals surface area contributed by atoms with Crippen molar-refractivity contribution in [3.63, 3.8) is 0 Å². The summed E-state index contributed by atoms with van der Waals surface area (Å²) in [5.41, 5.74) is 5.42. The number of ether oxygens (including phenoxy) is 1. The number of hydrogen-bond donors (Lipinski definition) is 1. The van der Waals surface area contributed by atoms with Crippen LogP contribution >= 0.6 is 11.3 Å². The van der Waals surface area contributed by atoms with Crippen LogP contribution in [0, 0.1) is 0 Å². The maximum Gasteiger partial charge on any atom is 0.305 e. The van der Waals surface area contributed by atoms with Gasteiger partial charge < -0.3 is 10.5 Å². The van der Waals surface area contributed by atoms with E-state index in [1.165, 1.54) is 18.4 Å². The van der Waals surface area contributed by atoms with Gasteiger partial charge in [-0.1, -0.05) is 0 Å². The molecule has 0 bridgehead atoms. The van der Waals surface area contributed by atoms with E-state index in [4.69, 9.17) is 5.73 Å². The normalized spacial score (nSPS) is 10.1. The fourth-order valence-corrected chi connectivity index (χ4v) is 2.24. The van der Waals surface area contributed by atoms with Crippen LogP contribution in [0.4, 0.5) is 0 Å². The highest BCUT2D eigenvalue weighted by Crippen LogP contribution is 2.19. The second-order valence-corrected chi connectivity index (χ2v) is 4.47. The summed E-state index contributed by atoms with van der Waals surface area (Å²) in [6.07, 6.45) is 1.13. The van der Waals surface area contributed by atoms with Crippen molar-refractivity contribution in [2.24, 2.45) is 5.73 Å². The van der Waals surface area contributed by atoms with E-state index < -0.39 is 0 Å². The SMILES string of the molecule is COC(=O)CCC(=O)c1ccc(CCN)s1. The maximum atomic E-state index is 11.7. The lowest BCUT2D eigenvalue weighted by atomic mass is 10.2. The van der Waals surface area contributed by atoms with Gasteiger partial charge in [0.05, 0.1) is 18.4 Å². The number of methoxy groups -OCH3 is 1. The zero-order chi connectivity index (χ0) is 12.0. The molecule has 0 radical (unpaired) electrons. The number of ketones is 1. The van der Waals surface area contributed by atoms with Crippen molar-refractivity contribution in [2.75, 3.05) is 13.7 Å². The van der Waals surface area contributed by atoms with Gasteiger partial charge in [-0.2, -0.15) is 0 Å². The minimum Gasteiger partial charge on any atom is -0.469 e. The number of carbonyl (C=O) groups is 2. The first-order valence-corrected chi connectivity index (χ1v) is 5.87. The minimum absolute atomic E-state index is 0.0151. The van der Waals surface area contributed by atoms with Crippen molar-refractivity contribution in [2.45, 2.75) is 19.3 Å². The van der Waals surface area contributed by atoms with Gasteiger partial charge in [0.25, 0.3) is 0 Å². The monoisotopic (exact) mass is 241 g/mol. The highest BCUT2D eigenvalue weighted by molar-refractivity contribution is 7.14.